The Labute approximate surface area is 135 Å². The molecule has 2 amide bonds. The fourth-order valence-electron chi connectivity index (χ4n) is 2.20. The Hall–Kier alpha value is -2.50. The fraction of sp³-hybridized carbons (Fsp3) is 0.412. The van der Waals surface area contributed by atoms with E-state index in [1.54, 1.807) is 29.4 Å². The molecule has 2 aromatic rings. The van der Waals surface area contributed by atoms with Crippen LogP contribution in [0.5, 0.6) is 0 Å². The first kappa shape index (κ1) is 16.9. The van der Waals surface area contributed by atoms with Gasteiger partial charge in [-0.15, -0.1) is 0 Å². The van der Waals surface area contributed by atoms with Crippen molar-refractivity contribution in [2.75, 3.05) is 6.54 Å². The smallest absolute Gasteiger partial charge is 0.257 e. The molecule has 2 heterocycles. The van der Waals surface area contributed by atoms with Crippen LogP contribution >= 0.6 is 0 Å². The Morgan fingerprint density at radius 2 is 2.13 bits per heavy atom. The van der Waals surface area contributed by atoms with E-state index in [0.717, 1.165) is 6.42 Å². The summed E-state index contributed by atoms with van der Waals surface area (Å²) >= 11 is 0. The van der Waals surface area contributed by atoms with Gasteiger partial charge < -0.3 is 19.1 Å². The maximum absolute atomic E-state index is 12.5. The SMILES string of the molecule is CCC(C)N(CCC(=O)NCc1ccco1)C(=O)c1ccoc1. The molecule has 0 spiro atoms. The number of nitrogens with one attached hydrogen (secondary N) is 1. The molecule has 2 rings (SSSR count). The van der Waals surface area contributed by atoms with Crippen LogP contribution in [0.4, 0.5) is 0 Å². The van der Waals surface area contributed by atoms with Crippen molar-refractivity contribution in [2.45, 2.75) is 39.3 Å². The molecule has 1 atom stereocenters. The molecule has 0 fully saturated rings. The van der Waals surface area contributed by atoms with Crippen LogP contribution in [0.25, 0.3) is 0 Å². The summed E-state index contributed by atoms with van der Waals surface area (Å²) in [4.78, 5) is 26.1. The molecule has 1 unspecified atom stereocenters. The van der Waals surface area contributed by atoms with E-state index < -0.39 is 0 Å². The molecule has 1 N–H and O–H groups in total. The van der Waals surface area contributed by atoms with Crippen molar-refractivity contribution in [3.05, 3.63) is 48.3 Å². The Morgan fingerprint density at radius 1 is 1.30 bits per heavy atom. The second-order valence-electron chi connectivity index (χ2n) is 5.37. The van der Waals surface area contributed by atoms with Gasteiger partial charge >= 0.3 is 0 Å². The summed E-state index contributed by atoms with van der Waals surface area (Å²) < 4.78 is 10.1. The van der Waals surface area contributed by atoms with E-state index in [1.165, 1.54) is 12.5 Å². The predicted octanol–water partition coefficient (Wildman–Crippen LogP) is 2.82. The lowest BCUT2D eigenvalue weighted by Gasteiger charge is -2.28. The van der Waals surface area contributed by atoms with Gasteiger partial charge in [0.2, 0.25) is 5.91 Å². The lowest BCUT2D eigenvalue weighted by Crippen LogP contribution is -2.40. The number of carbonyl (C=O) groups is 2. The standard InChI is InChI=1S/C17H22N2O4/c1-3-13(2)19(17(21)14-7-10-22-12-14)8-6-16(20)18-11-15-5-4-9-23-15/h4-5,7,9-10,12-13H,3,6,8,11H2,1-2H3,(H,18,20). The Morgan fingerprint density at radius 3 is 2.74 bits per heavy atom. The maximum atomic E-state index is 12.5. The monoisotopic (exact) mass is 318 g/mol. The fourth-order valence-corrected chi connectivity index (χ4v) is 2.20. The zero-order valence-electron chi connectivity index (χ0n) is 13.5. The number of furan rings is 2. The third-order valence-corrected chi connectivity index (χ3v) is 3.77. The van der Waals surface area contributed by atoms with Gasteiger partial charge in [0.25, 0.3) is 5.91 Å². The zero-order valence-corrected chi connectivity index (χ0v) is 13.5. The summed E-state index contributed by atoms with van der Waals surface area (Å²) in [7, 11) is 0. The molecule has 0 aromatic carbocycles. The number of hydrogen-bond donors (Lipinski definition) is 1. The third kappa shape index (κ3) is 4.74. The van der Waals surface area contributed by atoms with Crippen LogP contribution < -0.4 is 5.32 Å². The molecule has 2 aromatic heterocycles. The number of amides is 2. The highest BCUT2D eigenvalue weighted by atomic mass is 16.3. The molecule has 23 heavy (non-hydrogen) atoms. The summed E-state index contributed by atoms with van der Waals surface area (Å²) in [5.74, 6) is 0.466. The van der Waals surface area contributed by atoms with E-state index in [1.807, 2.05) is 13.8 Å². The minimum Gasteiger partial charge on any atom is -0.472 e. The summed E-state index contributed by atoms with van der Waals surface area (Å²) in [6.45, 7) is 4.70. The van der Waals surface area contributed by atoms with Crippen molar-refractivity contribution in [3.63, 3.8) is 0 Å². The summed E-state index contributed by atoms with van der Waals surface area (Å²) in [6.07, 6.45) is 5.52. The predicted molar refractivity (Wildman–Crippen MR) is 84.7 cm³/mol. The first-order valence-electron chi connectivity index (χ1n) is 7.74. The first-order chi connectivity index (χ1) is 11.1. The van der Waals surface area contributed by atoms with Gasteiger partial charge in [0.05, 0.1) is 24.6 Å². The Balaban J connectivity index is 1.87. The van der Waals surface area contributed by atoms with Crippen molar-refractivity contribution in [3.8, 4) is 0 Å². The lowest BCUT2D eigenvalue weighted by atomic mass is 10.1. The Kier molecular flexibility index (Phi) is 6.02. The molecular weight excluding hydrogens is 296 g/mol. The molecule has 6 nitrogen and oxygen atoms in total. The number of carbonyl (C=O) groups excluding carboxylic acids is 2. The molecule has 124 valence electrons. The highest BCUT2D eigenvalue weighted by Gasteiger charge is 2.22. The van der Waals surface area contributed by atoms with Gasteiger partial charge in [-0.05, 0) is 31.5 Å². The van der Waals surface area contributed by atoms with E-state index >= 15 is 0 Å². The molecular formula is C17H22N2O4. The van der Waals surface area contributed by atoms with Crippen LogP contribution in [0, 0.1) is 0 Å². The van der Waals surface area contributed by atoms with E-state index in [9.17, 15) is 9.59 Å². The molecule has 6 heteroatoms. The van der Waals surface area contributed by atoms with Crippen molar-refractivity contribution in [1.29, 1.82) is 0 Å². The van der Waals surface area contributed by atoms with Crippen molar-refractivity contribution in [2.24, 2.45) is 0 Å². The number of rotatable bonds is 8. The largest absolute Gasteiger partial charge is 0.472 e. The molecule has 0 saturated heterocycles. The van der Waals surface area contributed by atoms with Crippen molar-refractivity contribution < 1.29 is 18.4 Å². The van der Waals surface area contributed by atoms with Crippen LogP contribution in [-0.4, -0.2) is 29.3 Å². The molecule has 0 aliphatic carbocycles. The average Bonchev–Trinajstić information content (AvgIpc) is 3.25. The van der Waals surface area contributed by atoms with Crippen LogP contribution in [0.15, 0.2) is 45.8 Å². The van der Waals surface area contributed by atoms with E-state index in [0.29, 0.717) is 24.4 Å². The maximum Gasteiger partial charge on any atom is 0.257 e. The minimum atomic E-state index is -0.119. The van der Waals surface area contributed by atoms with Crippen LogP contribution in [0.2, 0.25) is 0 Å². The third-order valence-electron chi connectivity index (χ3n) is 3.77. The van der Waals surface area contributed by atoms with Crippen LogP contribution in [0.3, 0.4) is 0 Å². The summed E-state index contributed by atoms with van der Waals surface area (Å²) in [5, 5.41) is 2.78. The van der Waals surface area contributed by atoms with Crippen LogP contribution in [0.1, 0.15) is 42.8 Å². The topological polar surface area (TPSA) is 75.7 Å². The number of nitrogens with zero attached hydrogens (tertiary/aromatic N) is 1. The molecule has 0 bridgehead atoms. The summed E-state index contributed by atoms with van der Waals surface area (Å²) in [5.41, 5.74) is 0.501. The second kappa shape index (κ2) is 8.22. The lowest BCUT2D eigenvalue weighted by molar-refractivity contribution is -0.121. The van der Waals surface area contributed by atoms with Gasteiger partial charge in [-0.3, -0.25) is 9.59 Å². The van der Waals surface area contributed by atoms with Gasteiger partial charge in [-0.2, -0.15) is 0 Å². The highest BCUT2D eigenvalue weighted by molar-refractivity contribution is 5.94. The van der Waals surface area contributed by atoms with Gasteiger partial charge in [-0.1, -0.05) is 6.92 Å². The normalized spacial score (nSPS) is 11.9. The van der Waals surface area contributed by atoms with Crippen molar-refractivity contribution in [1.82, 2.24) is 10.2 Å². The van der Waals surface area contributed by atoms with E-state index in [-0.39, 0.29) is 24.3 Å². The van der Waals surface area contributed by atoms with Gasteiger partial charge in [-0.25, -0.2) is 0 Å². The van der Waals surface area contributed by atoms with Gasteiger partial charge in [0, 0.05) is 19.0 Å². The zero-order chi connectivity index (χ0) is 16.7. The van der Waals surface area contributed by atoms with Gasteiger partial charge in [0.1, 0.15) is 12.0 Å². The van der Waals surface area contributed by atoms with Crippen LogP contribution in [-0.2, 0) is 11.3 Å². The van der Waals surface area contributed by atoms with Crippen molar-refractivity contribution >= 4 is 11.8 Å². The average molecular weight is 318 g/mol. The molecule has 0 saturated carbocycles. The molecule has 0 aliphatic rings. The Bertz CT molecular complexity index is 605. The highest BCUT2D eigenvalue weighted by Crippen LogP contribution is 2.12. The summed E-state index contributed by atoms with van der Waals surface area (Å²) in [6, 6.07) is 5.26. The first-order valence-corrected chi connectivity index (χ1v) is 7.74. The quantitative estimate of drug-likeness (QED) is 0.812. The van der Waals surface area contributed by atoms with E-state index in [4.69, 9.17) is 8.83 Å². The number of hydrogen-bond acceptors (Lipinski definition) is 4. The van der Waals surface area contributed by atoms with E-state index in [2.05, 4.69) is 5.32 Å². The molecule has 0 radical (unpaired) electrons. The molecule has 0 aliphatic heterocycles. The van der Waals surface area contributed by atoms with Gasteiger partial charge in [0.15, 0.2) is 0 Å². The second-order valence-corrected chi connectivity index (χ2v) is 5.37. The minimum absolute atomic E-state index is 0.0512.